The minimum atomic E-state index is -0.451. The van der Waals surface area contributed by atoms with Gasteiger partial charge in [-0.3, -0.25) is 9.59 Å². The molecule has 1 heterocycles. The molecule has 4 N–H and O–H groups in total. The average Bonchev–Trinajstić information content (AvgIpc) is 2.28. The molecule has 90 valence electrons. The molecule has 2 amide bonds. The Bertz CT molecular complexity index is 316. The second-order valence-electron chi connectivity index (χ2n) is 3.57. The SMILES string of the molecule is CCC1C(=O)NCCN1C(=O)CC(N)=NO. The van der Waals surface area contributed by atoms with Crippen LogP contribution in [0.15, 0.2) is 5.16 Å². The standard InChI is InChI=1S/C9H16N4O3/c1-2-6-9(15)11-3-4-13(6)8(14)5-7(10)12-16/h6,16H,2-5H2,1H3,(H2,10,12)(H,11,15). The van der Waals surface area contributed by atoms with E-state index in [2.05, 4.69) is 10.5 Å². The first-order valence-electron chi connectivity index (χ1n) is 5.13. The molecule has 0 aromatic heterocycles. The molecule has 1 atom stereocenters. The van der Waals surface area contributed by atoms with Crippen LogP contribution in [0.3, 0.4) is 0 Å². The second kappa shape index (κ2) is 5.34. The molecule has 1 rings (SSSR count). The highest BCUT2D eigenvalue weighted by molar-refractivity contribution is 6.00. The highest BCUT2D eigenvalue weighted by Crippen LogP contribution is 2.10. The van der Waals surface area contributed by atoms with E-state index in [1.807, 2.05) is 6.92 Å². The van der Waals surface area contributed by atoms with Gasteiger partial charge in [-0.1, -0.05) is 12.1 Å². The lowest BCUT2D eigenvalue weighted by atomic mass is 10.1. The van der Waals surface area contributed by atoms with Crippen molar-refractivity contribution >= 4 is 17.6 Å². The minimum absolute atomic E-state index is 0.147. The van der Waals surface area contributed by atoms with Gasteiger partial charge in [0.1, 0.15) is 11.9 Å². The Labute approximate surface area is 93.3 Å². The molecule has 1 saturated heterocycles. The molecule has 0 bridgehead atoms. The van der Waals surface area contributed by atoms with Crippen LogP contribution in [-0.2, 0) is 9.59 Å². The molecule has 0 saturated carbocycles. The van der Waals surface area contributed by atoms with Gasteiger partial charge in [0.25, 0.3) is 0 Å². The van der Waals surface area contributed by atoms with Crippen LogP contribution in [0, 0.1) is 0 Å². The number of amidine groups is 1. The summed E-state index contributed by atoms with van der Waals surface area (Å²) in [6.07, 6.45) is 0.383. The fourth-order valence-corrected chi connectivity index (χ4v) is 1.71. The largest absolute Gasteiger partial charge is 0.409 e. The van der Waals surface area contributed by atoms with Gasteiger partial charge in [0.05, 0.1) is 6.42 Å². The number of piperazine rings is 1. The number of nitrogens with two attached hydrogens (primary N) is 1. The molecule has 1 unspecified atom stereocenters. The van der Waals surface area contributed by atoms with E-state index in [1.54, 1.807) is 0 Å². The summed E-state index contributed by atoms with van der Waals surface area (Å²) in [7, 11) is 0. The summed E-state index contributed by atoms with van der Waals surface area (Å²) >= 11 is 0. The quantitative estimate of drug-likeness (QED) is 0.245. The summed E-state index contributed by atoms with van der Waals surface area (Å²) in [5.41, 5.74) is 5.25. The molecule has 7 heteroatoms. The first kappa shape index (κ1) is 12.3. The maximum Gasteiger partial charge on any atom is 0.242 e. The molecule has 7 nitrogen and oxygen atoms in total. The van der Waals surface area contributed by atoms with Crippen LogP contribution in [0.4, 0.5) is 0 Å². The molecule has 0 aromatic carbocycles. The van der Waals surface area contributed by atoms with Gasteiger partial charge in [-0.2, -0.15) is 0 Å². The van der Waals surface area contributed by atoms with Gasteiger partial charge in [-0.15, -0.1) is 0 Å². The first-order chi connectivity index (χ1) is 7.60. The molecule has 1 aliphatic heterocycles. The van der Waals surface area contributed by atoms with Crippen LogP contribution < -0.4 is 11.1 Å². The predicted molar refractivity (Wildman–Crippen MR) is 56.8 cm³/mol. The molecule has 1 aliphatic rings. The lowest BCUT2D eigenvalue weighted by Gasteiger charge is -2.34. The normalized spacial score (nSPS) is 21.8. The Morgan fingerprint density at radius 1 is 1.75 bits per heavy atom. The van der Waals surface area contributed by atoms with Gasteiger partial charge in [0.2, 0.25) is 11.8 Å². The number of oxime groups is 1. The molecular formula is C9H16N4O3. The molecule has 0 aliphatic carbocycles. The average molecular weight is 228 g/mol. The van der Waals surface area contributed by atoms with E-state index in [4.69, 9.17) is 10.9 Å². The van der Waals surface area contributed by atoms with Crippen LogP contribution in [0.1, 0.15) is 19.8 Å². The van der Waals surface area contributed by atoms with Crippen molar-refractivity contribution < 1.29 is 14.8 Å². The van der Waals surface area contributed by atoms with Crippen LogP contribution >= 0.6 is 0 Å². The lowest BCUT2D eigenvalue weighted by Crippen LogP contribution is -2.57. The summed E-state index contributed by atoms with van der Waals surface area (Å²) in [6.45, 7) is 2.73. The maximum atomic E-state index is 11.8. The number of carbonyl (C=O) groups excluding carboxylic acids is 2. The van der Waals surface area contributed by atoms with Gasteiger partial charge in [0.15, 0.2) is 0 Å². The summed E-state index contributed by atoms with van der Waals surface area (Å²) < 4.78 is 0. The number of amides is 2. The van der Waals surface area contributed by atoms with Crippen LogP contribution in [0.5, 0.6) is 0 Å². The number of rotatable bonds is 3. The molecule has 1 fully saturated rings. The first-order valence-corrected chi connectivity index (χ1v) is 5.13. The number of hydrogen-bond donors (Lipinski definition) is 3. The Hall–Kier alpha value is -1.79. The van der Waals surface area contributed by atoms with Crippen LogP contribution in [0.2, 0.25) is 0 Å². The number of nitrogens with one attached hydrogen (secondary N) is 1. The van der Waals surface area contributed by atoms with Crippen molar-refractivity contribution in [3.8, 4) is 0 Å². The number of carbonyl (C=O) groups is 2. The molecule has 0 aromatic rings. The fourth-order valence-electron chi connectivity index (χ4n) is 1.71. The zero-order valence-electron chi connectivity index (χ0n) is 9.14. The lowest BCUT2D eigenvalue weighted by molar-refractivity contribution is -0.142. The van der Waals surface area contributed by atoms with Gasteiger partial charge in [-0.05, 0) is 6.42 Å². The molecule has 0 spiro atoms. The van der Waals surface area contributed by atoms with Crippen molar-refractivity contribution in [3.05, 3.63) is 0 Å². The highest BCUT2D eigenvalue weighted by atomic mass is 16.4. The van der Waals surface area contributed by atoms with Gasteiger partial charge >= 0.3 is 0 Å². The van der Waals surface area contributed by atoms with Gasteiger partial charge < -0.3 is 21.2 Å². The maximum absolute atomic E-state index is 11.8. The Balaban J connectivity index is 2.69. The van der Waals surface area contributed by atoms with Crippen molar-refractivity contribution in [3.63, 3.8) is 0 Å². The third kappa shape index (κ3) is 2.62. The van der Waals surface area contributed by atoms with E-state index in [1.165, 1.54) is 4.90 Å². The topological polar surface area (TPSA) is 108 Å². The summed E-state index contributed by atoms with van der Waals surface area (Å²) in [4.78, 5) is 24.7. The predicted octanol–water partition coefficient (Wildman–Crippen LogP) is -1.14. The Morgan fingerprint density at radius 3 is 3.00 bits per heavy atom. The van der Waals surface area contributed by atoms with Crippen molar-refractivity contribution in [1.29, 1.82) is 0 Å². The third-order valence-corrected chi connectivity index (χ3v) is 2.50. The van der Waals surface area contributed by atoms with Crippen molar-refractivity contribution in [1.82, 2.24) is 10.2 Å². The van der Waals surface area contributed by atoms with Crippen LogP contribution in [-0.4, -0.2) is 46.9 Å². The monoisotopic (exact) mass is 228 g/mol. The van der Waals surface area contributed by atoms with Crippen molar-refractivity contribution in [2.45, 2.75) is 25.8 Å². The zero-order valence-corrected chi connectivity index (χ0v) is 9.14. The Morgan fingerprint density at radius 2 is 2.44 bits per heavy atom. The minimum Gasteiger partial charge on any atom is -0.409 e. The van der Waals surface area contributed by atoms with E-state index in [-0.39, 0.29) is 24.1 Å². The second-order valence-corrected chi connectivity index (χ2v) is 3.57. The van der Waals surface area contributed by atoms with Crippen LogP contribution in [0.25, 0.3) is 0 Å². The summed E-state index contributed by atoms with van der Waals surface area (Å²) in [5, 5.41) is 13.8. The molecular weight excluding hydrogens is 212 g/mol. The van der Waals surface area contributed by atoms with Gasteiger partial charge in [-0.25, -0.2) is 0 Å². The number of hydrogen-bond acceptors (Lipinski definition) is 4. The van der Waals surface area contributed by atoms with E-state index < -0.39 is 6.04 Å². The van der Waals surface area contributed by atoms with Crippen molar-refractivity contribution in [2.24, 2.45) is 10.9 Å². The summed E-state index contributed by atoms with van der Waals surface area (Å²) in [6, 6.07) is -0.451. The van der Waals surface area contributed by atoms with E-state index in [9.17, 15) is 9.59 Å². The zero-order chi connectivity index (χ0) is 12.1. The molecule has 16 heavy (non-hydrogen) atoms. The fraction of sp³-hybridized carbons (Fsp3) is 0.667. The molecule has 0 radical (unpaired) electrons. The van der Waals surface area contributed by atoms with E-state index >= 15 is 0 Å². The van der Waals surface area contributed by atoms with Crippen molar-refractivity contribution in [2.75, 3.05) is 13.1 Å². The van der Waals surface area contributed by atoms with Gasteiger partial charge in [0, 0.05) is 13.1 Å². The van der Waals surface area contributed by atoms with E-state index in [0.717, 1.165) is 0 Å². The highest BCUT2D eigenvalue weighted by Gasteiger charge is 2.31. The smallest absolute Gasteiger partial charge is 0.242 e. The Kier molecular flexibility index (Phi) is 4.10. The third-order valence-electron chi connectivity index (χ3n) is 2.50. The summed E-state index contributed by atoms with van der Waals surface area (Å²) in [5.74, 6) is -0.593. The number of nitrogens with zero attached hydrogens (tertiary/aromatic N) is 2. The van der Waals surface area contributed by atoms with E-state index in [0.29, 0.717) is 19.5 Å².